The number of aryl methyl sites for hydroxylation is 1. The average Bonchev–Trinajstić information content (AvgIpc) is 3.33. The highest BCUT2D eigenvalue weighted by Gasteiger charge is 2.17. The standard InChI is InChI=1S/C18H20N4O3S2/c1-11-14(7-9-25-11)17-20-21-18(22(17)3)26-10-15(24)16-5-4-13(27-16)6-8-19-12(2)23/h4-5,7,9H,6,8,10H2,1-3H3,(H,19,23). The minimum absolute atomic E-state index is 0.0482. The molecule has 0 aliphatic heterocycles. The van der Waals surface area contributed by atoms with E-state index in [2.05, 4.69) is 15.5 Å². The topological polar surface area (TPSA) is 90.0 Å². The Hall–Kier alpha value is -2.39. The first-order valence-electron chi connectivity index (χ1n) is 8.38. The summed E-state index contributed by atoms with van der Waals surface area (Å²) in [6.45, 7) is 3.94. The van der Waals surface area contributed by atoms with Crippen molar-refractivity contribution < 1.29 is 14.0 Å². The van der Waals surface area contributed by atoms with E-state index < -0.39 is 0 Å². The Kier molecular flexibility index (Phi) is 6.12. The van der Waals surface area contributed by atoms with Crippen molar-refractivity contribution in [2.45, 2.75) is 25.4 Å². The molecule has 0 atom stereocenters. The summed E-state index contributed by atoms with van der Waals surface area (Å²) in [7, 11) is 1.87. The molecule has 3 aromatic rings. The van der Waals surface area contributed by atoms with Crippen LogP contribution in [0.5, 0.6) is 0 Å². The summed E-state index contributed by atoms with van der Waals surface area (Å²) >= 11 is 2.83. The molecule has 0 aliphatic carbocycles. The number of hydrogen-bond acceptors (Lipinski definition) is 7. The Labute approximate surface area is 165 Å². The van der Waals surface area contributed by atoms with Crippen molar-refractivity contribution in [3.8, 4) is 11.4 Å². The first-order chi connectivity index (χ1) is 13.0. The molecule has 0 bridgehead atoms. The number of aromatic nitrogens is 3. The fourth-order valence-corrected chi connectivity index (χ4v) is 4.35. The lowest BCUT2D eigenvalue weighted by Gasteiger charge is -2.02. The lowest BCUT2D eigenvalue weighted by molar-refractivity contribution is -0.118. The number of nitrogens with one attached hydrogen (secondary N) is 1. The van der Waals surface area contributed by atoms with Crippen molar-refractivity contribution in [2.75, 3.05) is 12.3 Å². The SMILES string of the molecule is CC(=O)NCCc1ccc(C(=O)CSc2nnc(-c3ccoc3C)n2C)s1. The normalized spacial score (nSPS) is 10.9. The van der Waals surface area contributed by atoms with Crippen LogP contribution in [0.15, 0.2) is 34.0 Å². The molecule has 9 heteroatoms. The molecule has 3 heterocycles. The van der Waals surface area contributed by atoms with E-state index in [9.17, 15) is 9.59 Å². The van der Waals surface area contributed by atoms with E-state index in [1.165, 1.54) is 30.0 Å². The van der Waals surface area contributed by atoms with Gasteiger partial charge >= 0.3 is 0 Å². The Morgan fingerprint density at radius 1 is 1.30 bits per heavy atom. The second-order valence-electron chi connectivity index (χ2n) is 5.97. The van der Waals surface area contributed by atoms with Crippen LogP contribution in [0, 0.1) is 6.92 Å². The van der Waals surface area contributed by atoms with Gasteiger partial charge in [0.1, 0.15) is 5.76 Å². The number of rotatable bonds is 8. The van der Waals surface area contributed by atoms with Gasteiger partial charge in [0.15, 0.2) is 16.8 Å². The highest BCUT2D eigenvalue weighted by Crippen LogP contribution is 2.27. The summed E-state index contributed by atoms with van der Waals surface area (Å²) in [6, 6.07) is 5.63. The maximum Gasteiger partial charge on any atom is 0.216 e. The number of carbonyl (C=O) groups is 2. The largest absolute Gasteiger partial charge is 0.469 e. The fourth-order valence-electron chi connectivity index (χ4n) is 2.52. The zero-order chi connectivity index (χ0) is 19.4. The summed E-state index contributed by atoms with van der Waals surface area (Å²) in [5.41, 5.74) is 0.894. The number of hydrogen-bond donors (Lipinski definition) is 1. The van der Waals surface area contributed by atoms with Gasteiger partial charge in [0, 0.05) is 25.4 Å². The van der Waals surface area contributed by atoms with Gasteiger partial charge in [-0.2, -0.15) is 0 Å². The van der Waals surface area contributed by atoms with Crippen LogP contribution in [0.2, 0.25) is 0 Å². The van der Waals surface area contributed by atoms with E-state index in [1.54, 1.807) is 6.26 Å². The van der Waals surface area contributed by atoms with E-state index in [1.807, 2.05) is 36.7 Å². The third-order valence-corrected chi connectivity index (χ3v) is 6.16. The molecule has 3 rings (SSSR count). The maximum absolute atomic E-state index is 12.5. The first-order valence-corrected chi connectivity index (χ1v) is 10.2. The fraction of sp³-hybridized carbons (Fsp3) is 0.333. The zero-order valence-electron chi connectivity index (χ0n) is 15.3. The molecule has 0 aromatic carbocycles. The molecule has 0 fully saturated rings. The van der Waals surface area contributed by atoms with Gasteiger partial charge in [0.2, 0.25) is 5.91 Å². The third kappa shape index (κ3) is 4.67. The van der Waals surface area contributed by atoms with Crippen molar-refractivity contribution in [3.63, 3.8) is 0 Å². The number of thiophene rings is 1. The van der Waals surface area contributed by atoms with Crippen molar-refractivity contribution >= 4 is 34.8 Å². The lowest BCUT2D eigenvalue weighted by atomic mass is 10.2. The molecular formula is C18H20N4O3S2. The van der Waals surface area contributed by atoms with Crippen LogP contribution in [0.4, 0.5) is 0 Å². The van der Waals surface area contributed by atoms with E-state index in [0.29, 0.717) is 28.2 Å². The summed E-state index contributed by atoms with van der Waals surface area (Å²) < 4.78 is 7.18. The summed E-state index contributed by atoms with van der Waals surface area (Å²) in [5.74, 6) is 1.80. The van der Waals surface area contributed by atoms with Crippen molar-refractivity contribution in [3.05, 3.63) is 40.0 Å². The second-order valence-corrected chi connectivity index (χ2v) is 8.08. The van der Waals surface area contributed by atoms with Gasteiger partial charge < -0.3 is 14.3 Å². The number of thioether (sulfide) groups is 1. The number of nitrogens with zero attached hydrogens (tertiary/aromatic N) is 3. The van der Waals surface area contributed by atoms with Gasteiger partial charge in [0.05, 0.1) is 22.5 Å². The highest BCUT2D eigenvalue weighted by molar-refractivity contribution is 7.99. The predicted octanol–water partition coefficient (Wildman–Crippen LogP) is 3.10. The van der Waals surface area contributed by atoms with Crippen LogP contribution in [0.25, 0.3) is 11.4 Å². The van der Waals surface area contributed by atoms with Gasteiger partial charge in [-0.1, -0.05) is 11.8 Å². The number of ketones is 1. The van der Waals surface area contributed by atoms with Crippen molar-refractivity contribution in [1.29, 1.82) is 0 Å². The van der Waals surface area contributed by atoms with Crippen LogP contribution >= 0.6 is 23.1 Å². The maximum atomic E-state index is 12.5. The van der Waals surface area contributed by atoms with Crippen LogP contribution < -0.4 is 5.32 Å². The minimum Gasteiger partial charge on any atom is -0.469 e. The molecule has 1 amide bonds. The zero-order valence-corrected chi connectivity index (χ0v) is 16.9. The third-order valence-electron chi connectivity index (χ3n) is 3.95. The number of Topliss-reactive ketones (excluding diaryl/α,β-unsaturated/α-hetero) is 1. The molecule has 7 nitrogen and oxygen atoms in total. The predicted molar refractivity (Wildman–Crippen MR) is 105 cm³/mol. The molecule has 27 heavy (non-hydrogen) atoms. The molecule has 0 spiro atoms. The van der Waals surface area contributed by atoms with Crippen LogP contribution in [-0.4, -0.2) is 38.8 Å². The summed E-state index contributed by atoms with van der Waals surface area (Å²) in [4.78, 5) is 25.2. The van der Waals surface area contributed by atoms with E-state index >= 15 is 0 Å². The number of furan rings is 1. The Bertz CT molecular complexity index is 958. The molecule has 0 saturated carbocycles. The molecular weight excluding hydrogens is 384 g/mol. The van der Waals surface area contributed by atoms with E-state index in [-0.39, 0.29) is 11.7 Å². The quantitative estimate of drug-likeness (QED) is 0.458. The molecule has 3 aromatic heterocycles. The minimum atomic E-state index is -0.0482. The Morgan fingerprint density at radius 2 is 2.11 bits per heavy atom. The van der Waals surface area contributed by atoms with Gasteiger partial charge in [-0.15, -0.1) is 21.5 Å². The van der Waals surface area contributed by atoms with Gasteiger partial charge in [-0.25, -0.2) is 0 Å². The smallest absolute Gasteiger partial charge is 0.216 e. The number of amides is 1. The first kappa shape index (κ1) is 19.4. The van der Waals surface area contributed by atoms with Gasteiger partial charge in [-0.3, -0.25) is 9.59 Å². The highest BCUT2D eigenvalue weighted by atomic mass is 32.2. The van der Waals surface area contributed by atoms with Crippen molar-refractivity contribution in [1.82, 2.24) is 20.1 Å². The monoisotopic (exact) mass is 404 g/mol. The van der Waals surface area contributed by atoms with Crippen molar-refractivity contribution in [2.24, 2.45) is 7.05 Å². The molecule has 1 N–H and O–H groups in total. The summed E-state index contributed by atoms with van der Waals surface area (Å²) in [5, 5.41) is 11.8. The van der Waals surface area contributed by atoms with Gasteiger partial charge in [-0.05, 0) is 31.5 Å². The second kappa shape index (κ2) is 8.53. The molecule has 0 unspecified atom stereocenters. The Morgan fingerprint density at radius 3 is 2.81 bits per heavy atom. The van der Waals surface area contributed by atoms with E-state index in [0.717, 1.165) is 22.6 Å². The van der Waals surface area contributed by atoms with Crippen LogP contribution in [0.1, 0.15) is 27.2 Å². The molecule has 0 radical (unpaired) electrons. The lowest BCUT2D eigenvalue weighted by Crippen LogP contribution is -2.22. The van der Waals surface area contributed by atoms with Crippen LogP contribution in [0.3, 0.4) is 0 Å². The number of carbonyl (C=O) groups excluding carboxylic acids is 2. The average molecular weight is 405 g/mol. The van der Waals surface area contributed by atoms with Gasteiger partial charge in [0.25, 0.3) is 0 Å². The molecule has 0 aliphatic rings. The molecule has 0 saturated heterocycles. The summed E-state index contributed by atoms with van der Waals surface area (Å²) in [6.07, 6.45) is 2.34. The van der Waals surface area contributed by atoms with E-state index in [4.69, 9.17) is 4.42 Å². The Balaban J connectivity index is 1.58. The molecule has 142 valence electrons. The van der Waals surface area contributed by atoms with Crippen LogP contribution in [-0.2, 0) is 18.3 Å².